The van der Waals surface area contributed by atoms with Crippen LogP contribution in [0.4, 0.5) is 11.6 Å². The summed E-state index contributed by atoms with van der Waals surface area (Å²) in [6, 6.07) is 6.64. The molecule has 132 valence electrons. The first-order valence-corrected chi connectivity index (χ1v) is 7.99. The van der Waals surface area contributed by atoms with Gasteiger partial charge in [0.1, 0.15) is 5.75 Å². The van der Waals surface area contributed by atoms with Gasteiger partial charge >= 0.3 is 0 Å². The highest BCUT2D eigenvalue weighted by atomic mass is 16.5. The number of rotatable bonds is 5. The number of fused-ring (bicyclic) bond motifs is 1. The minimum Gasteiger partial charge on any atom is -0.482 e. The van der Waals surface area contributed by atoms with Crippen molar-refractivity contribution in [1.29, 1.82) is 0 Å². The van der Waals surface area contributed by atoms with Gasteiger partial charge in [0.05, 0.1) is 17.4 Å². The van der Waals surface area contributed by atoms with E-state index >= 15 is 0 Å². The van der Waals surface area contributed by atoms with Crippen LogP contribution < -0.4 is 20.7 Å². The van der Waals surface area contributed by atoms with Crippen LogP contribution in [0, 0.1) is 6.92 Å². The summed E-state index contributed by atoms with van der Waals surface area (Å²) in [4.78, 5) is 23.7. The van der Waals surface area contributed by atoms with Crippen molar-refractivity contribution in [3.63, 3.8) is 0 Å². The van der Waals surface area contributed by atoms with E-state index in [0.29, 0.717) is 23.0 Å². The van der Waals surface area contributed by atoms with Gasteiger partial charge in [0, 0.05) is 12.1 Å². The molecular formula is C17H20N4O4. The molecule has 1 aromatic heterocycles. The Kier molecular flexibility index (Phi) is 4.71. The van der Waals surface area contributed by atoms with Crippen LogP contribution in [-0.2, 0) is 9.59 Å². The number of nitrogens with zero attached hydrogens (tertiary/aromatic N) is 1. The molecule has 8 nitrogen and oxygen atoms in total. The molecule has 0 fully saturated rings. The Morgan fingerprint density at radius 1 is 1.32 bits per heavy atom. The summed E-state index contributed by atoms with van der Waals surface area (Å²) in [7, 11) is 0. The van der Waals surface area contributed by atoms with Crippen molar-refractivity contribution in [2.24, 2.45) is 0 Å². The predicted molar refractivity (Wildman–Crippen MR) is 91.4 cm³/mol. The van der Waals surface area contributed by atoms with E-state index in [1.54, 1.807) is 19.9 Å². The average Bonchev–Trinajstić information content (AvgIpc) is 2.98. The van der Waals surface area contributed by atoms with Gasteiger partial charge in [0.15, 0.2) is 6.61 Å². The third-order valence-corrected chi connectivity index (χ3v) is 3.90. The summed E-state index contributed by atoms with van der Waals surface area (Å²) < 4.78 is 10.3. The Bertz CT molecular complexity index is 802. The number of anilines is 2. The maximum Gasteiger partial charge on any atom is 0.262 e. The van der Waals surface area contributed by atoms with Crippen LogP contribution >= 0.6 is 0 Å². The number of hydrogen-bond acceptors (Lipinski definition) is 6. The van der Waals surface area contributed by atoms with E-state index in [0.717, 1.165) is 5.56 Å². The largest absolute Gasteiger partial charge is 0.482 e. The molecule has 3 N–H and O–H groups in total. The Hall–Kier alpha value is -2.87. The average molecular weight is 344 g/mol. The van der Waals surface area contributed by atoms with Gasteiger partial charge in [-0.15, -0.1) is 0 Å². The van der Waals surface area contributed by atoms with Gasteiger partial charge in [0.2, 0.25) is 11.8 Å². The lowest BCUT2D eigenvalue weighted by molar-refractivity contribution is -0.119. The van der Waals surface area contributed by atoms with E-state index < -0.39 is 6.04 Å². The molecule has 2 atom stereocenters. The lowest BCUT2D eigenvalue weighted by Crippen LogP contribution is -2.39. The fraction of sp³-hybridized carbons (Fsp3) is 0.353. The summed E-state index contributed by atoms with van der Waals surface area (Å²) in [5, 5.41) is 12.4. The number of aryl methyl sites for hydroxylation is 1. The summed E-state index contributed by atoms with van der Waals surface area (Å²) in [6.45, 7) is 5.51. The normalized spacial score (nSPS) is 15.6. The van der Waals surface area contributed by atoms with E-state index in [9.17, 15) is 9.59 Å². The second-order valence-corrected chi connectivity index (χ2v) is 6.02. The van der Waals surface area contributed by atoms with Crippen molar-refractivity contribution in [2.75, 3.05) is 17.2 Å². The molecule has 1 aliphatic heterocycles. The fourth-order valence-electron chi connectivity index (χ4n) is 2.57. The molecule has 8 heteroatoms. The lowest BCUT2D eigenvalue weighted by atomic mass is 10.1. The van der Waals surface area contributed by atoms with Crippen LogP contribution in [0.5, 0.6) is 5.75 Å². The molecule has 0 spiro atoms. The minimum absolute atomic E-state index is 0.0263. The number of hydrogen-bond donors (Lipinski definition) is 3. The number of amides is 2. The van der Waals surface area contributed by atoms with E-state index in [1.165, 1.54) is 0 Å². The van der Waals surface area contributed by atoms with Crippen molar-refractivity contribution in [3.8, 4) is 5.75 Å². The van der Waals surface area contributed by atoms with Crippen molar-refractivity contribution < 1.29 is 18.8 Å². The van der Waals surface area contributed by atoms with Gasteiger partial charge in [-0.1, -0.05) is 11.2 Å². The number of benzene rings is 1. The highest BCUT2D eigenvalue weighted by molar-refractivity contribution is 5.95. The van der Waals surface area contributed by atoms with Crippen LogP contribution in [0.2, 0.25) is 0 Å². The standard InChI is InChI=1S/C17H20N4O4/c1-9-6-16(25-21-9)20-17(23)11(3)18-10(2)12-4-5-14-13(7-12)19-15(22)8-24-14/h4-7,10-11,18H,8H2,1-3H3,(H,19,22)(H,20,23)/t10-,11-/m1/s1. The highest BCUT2D eigenvalue weighted by Crippen LogP contribution is 2.30. The predicted octanol–water partition coefficient (Wildman–Crippen LogP) is 1.99. The number of nitrogens with one attached hydrogen (secondary N) is 3. The first-order chi connectivity index (χ1) is 11.9. The zero-order valence-electron chi connectivity index (χ0n) is 14.3. The SMILES string of the molecule is Cc1cc(NC(=O)[C@@H](C)N[C@H](C)c2ccc3c(c2)NC(=O)CO3)on1. The van der Waals surface area contributed by atoms with Crippen LogP contribution in [0.25, 0.3) is 0 Å². The highest BCUT2D eigenvalue weighted by Gasteiger charge is 2.20. The van der Waals surface area contributed by atoms with Crippen LogP contribution in [0.3, 0.4) is 0 Å². The van der Waals surface area contributed by atoms with Gasteiger partial charge in [-0.25, -0.2) is 0 Å². The molecule has 2 heterocycles. The quantitative estimate of drug-likeness (QED) is 0.766. The summed E-state index contributed by atoms with van der Waals surface area (Å²) >= 11 is 0. The molecule has 0 radical (unpaired) electrons. The number of ether oxygens (including phenoxy) is 1. The van der Waals surface area contributed by atoms with Crippen molar-refractivity contribution in [3.05, 3.63) is 35.5 Å². The zero-order valence-corrected chi connectivity index (χ0v) is 14.3. The molecule has 1 aromatic carbocycles. The molecule has 1 aliphatic rings. The molecule has 2 aromatic rings. The second-order valence-electron chi connectivity index (χ2n) is 6.02. The molecule has 0 saturated heterocycles. The van der Waals surface area contributed by atoms with Crippen molar-refractivity contribution in [2.45, 2.75) is 32.9 Å². The smallest absolute Gasteiger partial charge is 0.262 e. The minimum atomic E-state index is -0.456. The van der Waals surface area contributed by atoms with E-state index in [-0.39, 0.29) is 24.5 Å². The Morgan fingerprint density at radius 3 is 2.84 bits per heavy atom. The molecule has 0 unspecified atom stereocenters. The first-order valence-electron chi connectivity index (χ1n) is 7.99. The maximum absolute atomic E-state index is 12.2. The van der Waals surface area contributed by atoms with Crippen molar-refractivity contribution >= 4 is 23.4 Å². The lowest BCUT2D eigenvalue weighted by Gasteiger charge is -2.22. The molecule has 25 heavy (non-hydrogen) atoms. The molecule has 0 bridgehead atoms. The topological polar surface area (TPSA) is 105 Å². The number of carbonyl (C=O) groups is 2. The Labute approximate surface area is 144 Å². The van der Waals surface area contributed by atoms with Gasteiger partial charge in [-0.2, -0.15) is 0 Å². The molecule has 2 amide bonds. The molecule has 0 aliphatic carbocycles. The Morgan fingerprint density at radius 2 is 2.12 bits per heavy atom. The Balaban J connectivity index is 1.63. The van der Waals surface area contributed by atoms with E-state index in [2.05, 4.69) is 21.1 Å². The van der Waals surface area contributed by atoms with Crippen LogP contribution in [0.1, 0.15) is 31.1 Å². The molecule has 0 saturated carbocycles. The van der Waals surface area contributed by atoms with Gasteiger partial charge in [0.25, 0.3) is 5.91 Å². The zero-order chi connectivity index (χ0) is 18.0. The van der Waals surface area contributed by atoms with Crippen molar-refractivity contribution in [1.82, 2.24) is 10.5 Å². The molecular weight excluding hydrogens is 324 g/mol. The third kappa shape index (κ3) is 3.97. The van der Waals surface area contributed by atoms with Gasteiger partial charge in [-0.05, 0) is 38.5 Å². The first kappa shape index (κ1) is 17.0. The van der Waals surface area contributed by atoms with E-state index in [4.69, 9.17) is 9.26 Å². The van der Waals surface area contributed by atoms with E-state index in [1.807, 2.05) is 25.1 Å². The summed E-state index contributed by atoms with van der Waals surface area (Å²) in [5.41, 5.74) is 2.26. The van der Waals surface area contributed by atoms with Gasteiger partial charge < -0.3 is 14.6 Å². The molecule has 3 rings (SSSR count). The third-order valence-electron chi connectivity index (χ3n) is 3.90. The summed E-state index contributed by atoms with van der Waals surface area (Å²) in [6.07, 6.45) is 0. The van der Waals surface area contributed by atoms with Crippen LogP contribution in [0.15, 0.2) is 28.8 Å². The van der Waals surface area contributed by atoms with Gasteiger partial charge in [-0.3, -0.25) is 20.2 Å². The van der Waals surface area contributed by atoms with Crippen LogP contribution in [-0.4, -0.2) is 29.6 Å². The summed E-state index contributed by atoms with van der Waals surface area (Å²) in [5.74, 6) is 0.553. The monoisotopic (exact) mass is 344 g/mol. The second kappa shape index (κ2) is 6.94. The number of aromatic nitrogens is 1. The maximum atomic E-state index is 12.2. The fourth-order valence-corrected chi connectivity index (χ4v) is 2.57. The number of carbonyl (C=O) groups excluding carboxylic acids is 2.